The van der Waals surface area contributed by atoms with Gasteiger partial charge in [0, 0.05) is 23.7 Å². The van der Waals surface area contributed by atoms with Crippen LogP contribution in [-0.2, 0) is 11.3 Å². The van der Waals surface area contributed by atoms with Gasteiger partial charge in [0.1, 0.15) is 11.9 Å². The molecule has 4 heteroatoms. The molecule has 0 amide bonds. The Morgan fingerprint density at radius 3 is 3.11 bits per heavy atom. The zero-order valence-electron chi connectivity index (χ0n) is 11.5. The highest BCUT2D eigenvalue weighted by Gasteiger charge is 2.17. The second-order valence-electron chi connectivity index (χ2n) is 4.89. The second-order valence-corrected chi connectivity index (χ2v) is 5.32. The minimum absolute atomic E-state index is 0.167. The molecule has 1 aromatic rings. The molecule has 1 fully saturated rings. The Hall–Kier alpha value is -0.770. The monoisotopic (exact) mass is 283 g/mol. The summed E-state index contributed by atoms with van der Waals surface area (Å²) in [7, 11) is 0. The van der Waals surface area contributed by atoms with E-state index in [1.165, 1.54) is 0 Å². The smallest absolute Gasteiger partial charge is 0.124 e. The maximum atomic E-state index is 6.06. The van der Waals surface area contributed by atoms with E-state index in [1.54, 1.807) is 0 Å². The number of rotatable bonds is 6. The normalized spacial score (nSPS) is 19.4. The van der Waals surface area contributed by atoms with E-state index in [-0.39, 0.29) is 6.10 Å². The van der Waals surface area contributed by atoms with Crippen LogP contribution < -0.4 is 10.1 Å². The highest BCUT2D eigenvalue weighted by molar-refractivity contribution is 6.30. The Kier molecular flexibility index (Phi) is 5.95. The molecule has 1 aromatic carbocycles. The van der Waals surface area contributed by atoms with E-state index in [4.69, 9.17) is 21.1 Å². The van der Waals surface area contributed by atoms with Crippen LogP contribution in [0.25, 0.3) is 0 Å². The van der Waals surface area contributed by atoms with E-state index in [0.29, 0.717) is 6.61 Å². The van der Waals surface area contributed by atoms with Crippen molar-refractivity contribution in [1.29, 1.82) is 0 Å². The fourth-order valence-corrected chi connectivity index (χ4v) is 2.38. The lowest BCUT2D eigenvalue weighted by Crippen LogP contribution is -2.28. The van der Waals surface area contributed by atoms with Crippen LogP contribution in [0.2, 0.25) is 5.02 Å². The summed E-state index contributed by atoms with van der Waals surface area (Å²) in [5.41, 5.74) is 1.12. The van der Waals surface area contributed by atoms with Gasteiger partial charge in [0.05, 0.1) is 6.61 Å². The van der Waals surface area contributed by atoms with Crippen LogP contribution in [-0.4, -0.2) is 25.9 Å². The molecule has 1 N–H and O–H groups in total. The molecule has 0 aliphatic carbocycles. The topological polar surface area (TPSA) is 30.5 Å². The maximum Gasteiger partial charge on any atom is 0.124 e. The average Bonchev–Trinajstić information content (AvgIpc) is 2.43. The van der Waals surface area contributed by atoms with Gasteiger partial charge in [-0.05, 0) is 44.0 Å². The third kappa shape index (κ3) is 4.68. The number of nitrogens with one attached hydrogen (secondary N) is 1. The first kappa shape index (κ1) is 14.6. The molecule has 1 aliphatic heterocycles. The van der Waals surface area contributed by atoms with E-state index < -0.39 is 0 Å². The summed E-state index contributed by atoms with van der Waals surface area (Å²) in [6.45, 7) is 5.48. The summed E-state index contributed by atoms with van der Waals surface area (Å²) in [6.07, 6.45) is 3.42. The van der Waals surface area contributed by atoms with E-state index in [9.17, 15) is 0 Å². The second kappa shape index (κ2) is 7.73. The predicted octanol–water partition coefficient (Wildman–Crippen LogP) is 3.40. The van der Waals surface area contributed by atoms with Gasteiger partial charge in [-0.3, -0.25) is 0 Å². The van der Waals surface area contributed by atoms with Gasteiger partial charge in [0.15, 0.2) is 0 Å². The minimum atomic E-state index is 0.167. The summed E-state index contributed by atoms with van der Waals surface area (Å²) in [4.78, 5) is 0. The summed E-state index contributed by atoms with van der Waals surface area (Å²) in [6, 6.07) is 5.81. The lowest BCUT2D eigenvalue weighted by molar-refractivity contribution is 0.00701. The van der Waals surface area contributed by atoms with Crippen molar-refractivity contribution in [3.63, 3.8) is 0 Å². The first-order valence-corrected chi connectivity index (χ1v) is 7.41. The van der Waals surface area contributed by atoms with Gasteiger partial charge in [-0.15, -0.1) is 0 Å². The molecule has 0 radical (unpaired) electrons. The van der Waals surface area contributed by atoms with Gasteiger partial charge in [0.2, 0.25) is 0 Å². The highest BCUT2D eigenvalue weighted by atomic mass is 35.5. The molecular weight excluding hydrogens is 262 g/mol. The van der Waals surface area contributed by atoms with Crippen molar-refractivity contribution in [1.82, 2.24) is 5.32 Å². The molecule has 1 heterocycles. The molecule has 1 atom stereocenters. The number of benzene rings is 1. The van der Waals surface area contributed by atoms with Gasteiger partial charge >= 0.3 is 0 Å². The van der Waals surface area contributed by atoms with Crippen molar-refractivity contribution < 1.29 is 9.47 Å². The van der Waals surface area contributed by atoms with Crippen molar-refractivity contribution in [2.75, 3.05) is 19.8 Å². The van der Waals surface area contributed by atoms with Crippen molar-refractivity contribution in [2.45, 2.75) is 38.8 Å². The lowest BCUT2D eigenvalue weighted by atomic mass is 10.1. The predicted molar refractivity (Wildman–Crippen MR) is 77.9 cm³/mol. The van der Waals surface area contributed by atoms with Gasteiger partial charge in [-0.1, -0.05) is 18.5 Å². The van der Waals surface area contributed by atoms with Gasteiger partial charge in [0.25, 0.3) is 0 Å². The first-order valence-electron chi connectivity index (χ1n) is 7.03. The minimum Gasteiger partial charge on any atom is -0.488 e. The van der Waals surface area contributed by atoms with E-state index >= 15 is 0 Å². The number of halogens is 1. The van der Waals surface area contributed by atoms with Gasteiger partial charge in [-0.25, -0.2) is 0 Å². The SMILES string of the molecule is CCCNCc1cc(Cl)ccc1OC1CCCOC1. The summed E-state index contributed by atoms with van der Waals surface area (Å²) in [5.74, 6) is 0.920. The van der Waals surface area contributed by atoms with Crippen LogP contribution in [0.1, 0.15) is 31.7 Å². The van der Waals surface area contributed by atoms with Crippen LogP contribution in [0.4, 0.5) is 0 Å². The number of ether oxygens (including phenoxy) is 2. The Labute approximate surface area is 120 Å². The molecule has 0 aromatic heterocycles. The molecule has 3 nitrogen and oxygen atoms in total. The standard InChI is InChI=1S/C15H22ClNO2/c1-2-7-17-10-12-9-13(16)5-6-15(12)19-14-4-3-8-18-11-14/h5-6,9,14,17H,2-4,7-8,10-11H2,1H3. The Balaban J connectivity index is 2.00. The average molecular weight is 284 g/mol. The fraction of sp³-hybridized carbons (Fsp3) is 0.600. The summed E-state index contributed by atoms with van der Waals surface area (Å²) in [5, 5.41) is 4.14. The molecule has 19 heavy (non-hydrogen) atoms. The van der Waals surface area contributed by atoms with Gasteiger partial charge < -0.3 is 14.8 Å². The third-order valence-corrected chi connectivity index (χ3v) is 3.41. The largest absolute Gasteiger partial charge is 0.488 e. The number of hydrogen-bond acceptors (Lipinski definition) is 3. The molecule has 106 valence electrons. The lowest BCUT2D eigenvalue weighted by Gasteiger charge is -2.24. The van der Waals surface area contributed by atoms with Crippen molar-refractivity contribution >= 4 is 11.6 Å². The van der Waals surface area contributed by atoms with Crippen LogP contribution in [0, 0.1) is 0 Å². The maximum absolute atomic E-state index is 6.06. The van der Waals surface area contributed by atoms with Gasteiger partial charge in [-0.2, -0.15) is 0 Å². The summed E-state index contributed by atoms with van der Waals surface area (Å²) < 4.78 is 11.5. The van der Waals surface area contributed by atoms with E-state index in [0.717, 1.165) is 55.3 Å². The van der Waals surface area contributed by atoms with Crippen molar-refractivity contribution in [3.05, 3.63) is 28.8 Å². The van der Waals surface area contributed by atoms with E-state index in [2.05, 4.69) is 12.2 Å². The van der Waals surface area contributed by atoms with Crippen LogP contribution >= 0.6 is 11.6 Å². The third-order valence-electron chi connectivity index (χ3n) is 3.18. The Bertz CT molecular complexity index is 392. The molecule has 0 saturated carbocycles. The zero-order chi connectivity index (χ0) is 13.5. The molecule has 0 spiro atoms. The molecule has 0 bridgehead atoms. The fourth-order valence-electron chi connectivity index (χ4n) is 2.18. The molecule has 1 aliphatic rings. The number of hydrogen-bond donors (Lipinski definition) is 1. The van der Waals surface area contributed by atoms with Crippen molar-refractivity contribution in [3.8, 4) is 5.75 Å². The molecular formula is C15H22ClNO2. The van der Waals surface area contributed by atoms with Crippen LogP contribution in [0.15, 0.2) is 18.2 Å². The first-order chi connectivity index (χ1) is 9.29. The van der Waals surface area contributed by atoms with Crippen molar-refractivity contribution in [2.24, 2.45) is 0 Å². The Morgan fingerprint density at radius 1 is 1.47 bits per heavy atom. The molecule has 1 saturated heterocycles. The molecule has 1 unspecified atom stereocenters. The van der Waals surface area contributed by atoms with Crippen LogP contribution in [0.5, 0.6) is 5.75 Å². The van der Waals surface area contributed by atoms with Crippen LogP contribution in [0.3, 0.4) is 0 Å². The van der Waals surface area contributed by atoms with E-state index in [1.807, 2.05) is 18.2 Å². The molecule has 2 rings (SSSR count). The quantitative estimate of drug-likeness (QED) is 0.812. The highest BCUT2D eigenvalue weighted by Crippen LogP contribution is 2.25. The summed E-state index contributed by atoms with van der Waals surface area (Å²) >= 11 is 6.06. The Morgan fingerprint density at radius 2 is 2.37 bits per heavy atom. The zero-order valence-corrected chi connectivity index (χ0v) is 12.2.